The Bertz CT molecular complexity index is 157. The summed E-state index contributed by atoms with van der Waals surface area (Å²) in [5, 5.41) is 0. The predicted octanol–water partition coefficient (Wildman–Crippen LogP) is 0.0174. The maximum Gasteiger partial charge on any atom is 0.441 e. The van der Waals surface area contributed by atoms with Crippen molar-refractivity contribution in [2.75, 3.05) is 12.3 Å². The molecule has 0 amide bonds. The van der Waals surface area contributed by atoms with E-state index in [0.29, 0.717) is 0 Å². The second-order valence-corrected chi connectivity index (χ2v) is 2.87. The first kappa shape index (κ1) is 11.4. The number of nitrogens with zero attached hydrogens (tertiary/aromatic N) is 1. The van der Waals surface area contributed by atoms with E-state index >= 15 is 0 Å². The Hall–Kier alpha value is -0.630. The van der Waals surface area contributed by atoms with Crippen LogP contribution in [0.15, 0.2) is 4.99 Å². The molecular formula is C4H9F3N4S. The number of hydrazine groups is 1. The van der Waals surface area contributed by atoms with Crippen molar-refractivity contribution in [3.8, 4) is 0 Å². The lowest BCUT2D eigenvalue weighted by atomic mass is 10.8. The summed E-state index contributed by atoms with van der Waals surface area (Å²) in [6.45, 7) is -0.0137. The molecule has 0 aliphatic heterocycles. The monoisotopic (exact) mass is 202 g/mol. The standard InChI is InChI=1S/C4H9F3N4S/c5-4(6,7)12-2-1-10-3(8)11-9/h1-2,9H2,(H3,8,10,11). The third kappa shape index (κ3) is 7.48. The molecule has 0 aromatic carbocycles. The lowest BCUT2D eigenvalue weighted by Crippen LogP contribution is -2.37. The summed E-state index contributed by atoms with van der Waals surface area (Å²) >= 11 is -0.145. The molecule has 0 saturated carbocycles. The predicted molar refractivity (Wildman–Crippen MR) is 42.3 cm³/mol. The van der Waals surface area contributed by atoms with Crippen LogP contribution in [0.1, 0.15) is 0 Å². The second-order valence-electron chi connectivity index (χ2n) is 1.71. The maximum atomic E-state index is 11.5. The minimum absolute atomic E-state index is 0.0137. The van der Waals surface area contributed by atoms with Gasteiger partial charge in [0.25, 0.3) is 0 Å². The number of thioether (sulfide) groups is 1. The number of halogens is 3. The van der Waals surface area contributed by atoms with Gasteiger partial charge in [-0.15, -0.1) is 0 Å². The summed E-state index contributed by atoms with van der Waals surface area (Å²) in [5.74, 6) is 4.57. The zero-order valence-corrected chi connectivity index (χ0v) is 6.87. The highest BCUT2D eigenvalue weighted by Gasteiger charge is 2.27. The van der Waals surface area contributed by atoms with Crippen molar-refractivity contribution in [1.29, 1.82) is 0 Å². The number of guanidine groups is 1. The number of alkyl halides is 3. The van der Waals surface area contributed by atoms with E-state index in [9.17, 15) is 13.2 Å². The molecule has 0 aliphatic carbocycles. The molecule has 0 aromatic heterocycles. The van der Waals surface area contributed by atoms with Crippen LogP contribution in [-0.4, -0.2) is 23.8 Å². The van der Waals surface area contributed by atoms with Crippen molar-refractivity contribution in [1.82, 2.24) is 5.43 Å². The molecular weight excluding hydrogens is 193 g/mol. The van der Waals surface area contributed by atoms with E-state index in [2.05, 4.69) is 4.99 Å². The first-order valence-corrected chi connectivity index (χ1v) is 3.91. The minimum Gasteiger partial charge on any atom is -0.369 e. The van der Waals surface area contributed by atoms with Crippen LogP contribution in [-0.2, 0) is 0 Å². The van der Waals surface area contributed by atoms with Gasteiger partial charge in [0, 0.05) is 5.75 Å². The molecule has 0 aliphatic rings. The molecule has 12 heavy (non-hydrogen) atoms. The number of hydrogen-bond acceptors (Lipinski definition) is 3. The van der Waals surface area contributed by atoms with Crippen LogP contribution in [0, 0.1) is 0 Å². The number of nitrogens with one attached hydrogen (secondary N) is 1. The van der Waals surface area contributed by atoms with Crippen LogP contribution in [0.2, 0.25) is 0 Å². The largest absolute Gasteiger partial charge is 0.441 e. The Morgan fingerprint density at radius 3 is 2.50 bits per heavy atom. The summed E-state index contributed by atoms with van der Waals surface area (Å²) < 4.78 is 34.5. The SMILES string of the molecule is NNC(N)=NCCSC(F)(F)F. The summed E-state index contributed by atoms with van der Waals surface area (Å²) in [7, 11) is 0. The zero-order chi connectivity index (χ0) is 9.61. The van der Waals surface area contributed by atoms with E-state index in [0.717, 1.165) is 0 Å². The van der Waals surface area contributed by atoms with Gasteiger partial charge in [0.1, 0.15) is 0 Å². The first-order chi connectivity index (χ1) is 5.45. The van der Waals surface area contributed by atoms with Crippen LogP contribution in [0.3, 0.4) is 0 Å². The van der Waals surface area contributed by atoms with Gasteiger partial charge >= 0.3 is 5.51 Å². The molecule has 72 valence electrons. The highest BCUT2D eigenvalue weighted by molar-refractivity contribution is 8.00. The van der Waals surface area contributed by atoms with Crippen LogP contribution in [0.4, 0.5) is 13.2 Å². The topological polar surface area (TPSA) is 76.4 Å². The second kappa shape index (κ2) is 5.09. The summed E-state index contributed by atoms with van der Waals surface area (Å²) in [6.07, 6.45) is 0. The normalized spacial score (nSPS) is 13.2. The molecule has 4 nitrogen and oxygen atoms in total. The van der Waals surface area contributed by atoms with E-state index < -0.39 is 5.51 Å². The number of hydrogen-bond donors (Lipinski definition) is 3. The van der Waals surface area contributed by atoms with Gasteiger partial charge in [0.05, 0.1) is 6.54 Å². The molecule has 5 N–H and O–H groups in total. The molecule has 0 radical (unpaired) electrons. The van der Waals surface area contributed by atoms with Crippen LogP contribution < -0.4 is 17.0 Å². The fourth-order valence-electron chi connectivity index (χ4n) is 0.373. The minimum atomic E-state index is -4.21. The van der Waals surface area contributed by atoms with E-state index in [1.807, 2.05) is 5.43 Å². The Labute approximate surface area is 71.5 Å². The molecule has 0 aromatic rings. The lowest BCUT2D eigenvalue weighted by molar-refractivity contribution is -0.0327. The van der Waals surface area contributed by atoms with Gasteiger partial charge in [-0.05, 0) is 11.8 Å². The van der Waals surface area contributed by atoms with Gasteiger partial charge < -0.3 is 5.73 Å². The third-order valence-corrected chi connectivity index (χ3v) is 1.50. The van der Waals surface area contributed by atoms with Crippen molar-refractivity contribution < 1.29 is 13.2 Å². The van der Waals surface area contributed by atoms with Gasteiger partial charge in [0.15, 0.2) is 0 Å². The molecule has 0 unspecified atom stereocenters. The first-order valence-electron chi connectivity index (χ1n) is 2.93. The number of rotatable bonds is 3. The average Bonchev–Trinajstić information content (AvgIpc) is 1.96. The Morgan fingerprint density at radius 2 is 2.08 bits per heavy atom. The van der Waals surface area contributed by atoms with E-state index in [1.54, 1.807) is 0 Å². The zero-order valence-electron chi connectivity index (χ0n) is 6.06. The van der Waals surface area contributed by atoms with E-state index in [1.165, 1.54) is 0 Å². The lowest BCUT2D eigenvalue weighted by Gasteiger charge is -2.03. The van der Waals surface area contributed by atoms with Gasteiger partial charge in [-0.1, -0.05) is 0 Å². The van der Waals surface area contributed by atoms with Crippen LogP contribution in [0.5, 0.6) is 0 Å². The Kier molecular flexibility index (Phi) is 4.83. The van der Waals surface area contributed by atoms with Gasteiger partial charge in [-0.3, -0.25) is 10.4 Å². The van der Waals surface area contributed by atoms with Crippen molar-refractivity contribution in [2.45, 2.75) is 5.51 Å². The van der Waals surface area contributed by atoms with E-state index in [4.69, 9.17) is 11.6 Å². The summed E-state index contributed by atoms with van der Waals surface area (Å²) in [6, 6.07) is 0. The molecule has 0 bridgehead atoms. The molecule has 0 fully saturated rings. The number of nitrogens with two attached hydrogens (primary N) is 2. The molecule has 0 heterocycles. The van der Waals surface area contributed by atoms with Crippen LogP contribution in [0.25, 0.3) is 0 Å². The summed E-state index contributed by atoms with van der Waals surface area (Å²) in [4.78, 5) is 3.48. The molecule has 0 rings (SSSR count). The molecule has 0 spiro atoms. The van der Waals surface area contributed by atoms with Crippen LogP contribution >= 0.6 is 11.8 Å². The van der Waals surface area contributed by atoms with Gasteiger partial charge in [-0.25, -0.2) is 5.84 Å². The quantitative estimate of drug-likeness (QED) is 0.198. The molecule has 0 atom stereocenters. The third-order valence-electron chi connectivity index (χ3n) is 0.787. The summed E-state index contributed by atoms with van der Waals surface area (Å²) in [5.41, 5.74) is 2.84. The Balaban J connectivity index is 3.45. The van der Waals surface area contributed by atoms with Gasteiger partial charge in [-0.2, -0.15) is 13.2 Å². The fourth-order valence-corrected chi connectivity index (χ4v) is 0.787. The van der Waals surface area contributed by atoms with Crippen molar-refractivity contribution in [2.24, 2.45) is 16.6 Å². The van der Waals surface area contributed by atoms with Crippen molar-refractivity contribution in [3.05, 3.63) is 0 Å². The Morgan fingerprint density at radius 1 is 1.50 bits per heavy atom. The van der Waals surface area contributed by atoms with E-state index in [-0.39, 0.29) is 30.0 Å². The van der Waals surface area contributed by atoms with Crippen molar-refractivity contribution >= 4 is 17.7 Å². The molecule has 8 heteroatoms. The van der Waals surface area contributed by atoms with Crippen molar-refractivity contribution in [3.63, 3.8) is 0 Å². The van der Waals surface area contributed by atoms with Gasteiger partial charge in [0.2, 0.25) is 5.96 Å². The highest BCUT2D eigenvalue weighted by Crippen LogP contribution is 2.29. The fraction of sp³-hybridized carbons (Fsp3) is 0.750. The highest BCUT2D eigenvalue weighted by atomic mass is 32.2. The smallest absolute Gasteiger partial charge is 0.369 e. The average molecular weight is 202 g/mol. The number of aliphatic imine (C=N–C) groups is 1. The molecule has 0 saturated heterocycles. The maximum absolute atomic E-state index is 11.5.